The maximum absolute atomic E-state index is 11.7. The first-order valence-corrected chi connectivity index (χ1v) is 9.63. The minimum Gasteiger partial charge on any atom is -0.337 e. The highest BCUT2D eigenvalue weighted by molar-refractivity contribution is 7.91. The van der Waals surface area contributed by atoms with E-state index in [4.69, 9.17) is 0 Å². The largest absolute Gasteiger partial charge is 0.337 e. The van der Waals surface area contributed by atoms with E-state index in [1.165, 1.54) is 6.42 Å². The van der Waals surface area contributed by atoms with E-state index in [2.05, 4.69) is 29.4 Å². The number of sulfone groups is 1. The Balaban J connectivity index is 1.63. The molecule has 0 bridgehead atoms. The second-order valence-electron chi connectivity index (χ2n) is 6.71. The number of nitrogens with one attached hydrogen (secondary N) is 2. The van der Waals surface area contributed by atoms with Gasteiger partial charge >= 0.3 is 6.03 Å². The molecule has 0 aromatic carbocycles. The van der Waals surface area contributed by atoms with Gasteiger partial charge in [-0.05, 0) is 24.7 Å². The molecule has 2 N–H and O–H groups in total. The summed E-state index contributed by atoms with van der Waals surface area (Å²) in [6.07, 6.45) is 1.80. The van der Waals surface area contributed by atoms with Crippen LogP contribution in [0.15, 0.2) is 0 Å². The molecule has 0 radical (unpaired) electrons. The van der Waals surface area contributed by atoms with Crippen LogP contribution in [0.5, 0.6) is 0 Å². The fraction of sp³-hybridized carbons (Fsp3) is 0.929. The van der Waals surface area contributed by atoms with Gasteiger partial charge in [0.15, 0.2) is 9.84 Å². The molecule has 122 valence electrons. The van der Waals surface area contributed by atoms with Crippen molar-refractivity contribution < 1.29 is 13.2 Å². The van der Waals surface area contributed by atoms with Gasteiger partial charge in [-0.15, -0.1) is 0 Å². The molecular formula is C14H27N3O3S. The van der Waals surface area contributed by atoms with Crippen LogP contribution in [0.3, 0.4) is 0 Å². The summed E-state index contributed by atoms with van der Waals surface area (Å²) in [6, 6.07) is -0.486. The lowest BCUT2D eigenvalue weighted by Crippen LogP contribution is -2.47. The fourth-order valence-corrected chi connectivity index (χ4v) is 5.12. The van der Waals surface area contributed by atoms with Crippen LogP contribution in [-0.4, -0.2) is 63.1 Å². The number of piperidine rings is 1. The topological polar surface area (TPSA) is 78.5 Å². The van der Waals surface area contributed by atoms with Crippen LogP contribution in [0.25, 0.3) is 0 Å². The predicted octanol–water partition coefficient (Wildman–Crippen LogP) is 0.451. The molecule has 0 saturated carbocycles. The van der Waals surface area contributed by atoms with Crippen LogP contribution in [0.2, 0.25) is 0 Å². The summed E-state index contributed by atoms with van der Waals surface area (Å²) >= 11 is 0. The van der Waals surface area contributed by atoms with Crippen molar-refractivity contribution in [2.45, 2.75) is 32.7 Å². The van der Waals surface area contributed by atoms with Crippen LogP contribution < -0.4 is 10.6 Å². The minimum absolute atomic E-state index is 0.0710. The van der Waals surface area contributed by atoms with E-state index in [-0.39, 0.29) is 23.6 Å². The molecule has 3 atom stereocenters. The van der Waals surface area contributed by atoms with Gasteiger partial charge in [0.1, 0.15) is 0 Å². The maximum Gasteiger partial charge on any atom is 0.315 e. The molecule has 2 fully saturated rings. The van der Waals surface area contributed by atoms with E-state index >= 15 is 0 Å². The smallest absolute Gasteiger partial charge is 0.315 e. The van der Waals surface area contributed by atoms with Gasteiger partial charge in [-0.1, -0.05) is 13.8 Å². The number of likely N-dealkylation sites (tertiary alicyclic amines) is 1. The van der Waals surface area contributed by atoms with Crippen molar-refractivity contribution in [1.29, 1.82) is 0 Å². The monoisotopic (exact) mass is 317 g/mol. The highest BCUT2D eigenvalue weighted by Crippen LogP contribution is 2.20. The average molecular weight is 317 g/mol. The van der Waals surface area contributed by atoms with E-state index in [0.717, 1.165) is 19.6 Å². The van der Waals surface area contributed by atoms with E-state index in [1.54, 1.807) is 0 Å². The molecule has 2 amide bonds. The summed E-state index contributed by atoms with van der Waals surface area (Å²) in [5.41, 5.74) is 0. The Morgan fingerprint density at radius 3 is 2.48 bits per heavy atom. The Hall–Kier alpha value is -0.820. The van der Waals surface area contributed by atoms with Crippen molar-refractivity contribution in [3.8, 4) is 0 Å². The Morgan fingerprint density at radius 1 is 1.24 bits per heavy atom. The molecule has 6 nitrogen and oxygen atoms in total. The summed E-state index contributed by atoms with van der Waals surface area (Å²) in [5, 5.41) is 5.57. The lowest BCUT2D eigenvalue weighted by molar-refractivity contribution is 0.142. The number of carbonyl (C=O) groups is 1. The third kappa shape index (κ3) is 5.47. The summed E-state index contributed by atoms with van der Waals surface area (Å²) in [6.45, 7) is 8.17. The van der Waals surface area contributed by atoms with E-state index in [9.17, 15) is 13.2 Å². The Kier molecular flexibility index (Phi) is 5.48. The second kappa shape index (κ2) is 6.96. The zero-order valence-electron chi connectivity index (χ0n) is 13.0. The molecule has 2 heterocycles. The van der Waals surface area contributed by atoms with E-state index in [1.807, 2.05) is 0 Å². The van der Waals surface area contributed by atoms with E-state index < -0.39 is 9.84 Å². The van der Waals surface area contributed by atoms with Crippen molar-refractivity contribution in [2.75, 3.05) is 37.7 Å². The van der Waals surface area contributed by atoms with Crippen LogP contribution in [0.4, 0.5) is 4.79 Å². The fourth-order valence-electron chi connectivity index (χ4n) is 3.45. The third-order valence-electron chi connectivity index (χ3n) is 4.23. The minimum atomic E-state index is -2.94. The molecule has 0 aromatic rings. The van der Waals surface area contributed by atoms with Gasteiger partial charge in [0.2, 0.25) is 0 Å². The van der Waals surface area contributed by atoms with Crippen LogP contribution in [-0.2, 0) is 9.84 Å². The van der Waals surface area contributed by atoms with Crippen LogP contribution in [0.1, 0.15) is 26.7 Å². The molecule has 0 spiro atoms. The first-order chi connectivity index (χ1) is 9.84. The second-order valence-corrected chi connectivity index (χ2v) is 8.93. The number of nitrogens with zero attached hydrogens (tertiary/aromatic N) is 1. The molecule has 2 saturated heterocycles. The van der Waals surface area contributed by atoms with Crippen molar-refractivity contribution in [3.05, 3.63) is 0 Å². The molecule has 7 heteroatoms. The Morgan fingerprint density at radius 2 is 1.90 bits per heavy atom. The summed E-state index contributed by atoms with van der Waals surface area (Å²) in [5.74, 6) is 1.68. The summed E-state index contributed by atoms with van der Waals surface area (Å²) < 4.78 is 22.7. The normalized spacial score (nSPS) is 32.8. The number of amides is 2. The van der Waals surface area contributed by atoms with Crippen molar-refractivity contribution in [3.63, 3.8) is 0 Å². The number of hydrogen-bond acceptors (Lipinski definition) is 4. The number of urea groups is 1. The molecule has 2 aliphatic rings. The van der Waals surface area contributed by atoms with Gasteiger partial charge in [0.05, 0.1) is 11.5 Å². The standard InChI is InChI=1S/C14H27N3O3S/c1-11-7-12(2)9-17(8-11)5-4-15-14(18)16-13-3-6-21(19,20)10-13/h11-13H,3-10H2,1-2H3,(H2,15,16,18)/t11-,12+,13-/m1/s1. The van der Waals surface area contributed by atoms with Gasteiger partial charge in [0, 0.05) is 32.2 Å². The first-order valence-electron chi connectivity index (χ1n) is 7.81. The van der Waals surface area contributed by atoms with Crippen LogP contribution >= 0.6 is 0 Å². The van der Waals surface area contributed by atoms with Crippen molar-refractivity contribution >= 4 is 15.9 Å². The molecule has 0 unspecified atom stereocenters. The average Bonchev–Trinajstić information content (AvgIpc) is 2.67. The van der Waals surface area contributed by atoms with Gasteiger partial charge in [0.25, 0.3) is 0 Å². The number of carbonyl (C=O) groups excluding carboxylic acids is 1. The Bertz CT molecular complexity index is 456. The zero-order valence-corrected chi connectivity index (χ0v) is 13.8. The molecule has 2 aliphatic heterocycles. The van der Waals surface area contributed by atoms with Crippen molar-refractivity contribution in [1.82, 2.24) is 15.5 Å². The Labute approximate surface area is 127 Å². The van der Waals surface area contributed by atoms with Crippen molar-refractivity contribution in [2.24, 2.45) is 11.8 Å². The summed E-state index contributed by atoms with van der Waals surface area (Å²) in [7, 11) is -2.94. The van der Waals surface area contributed by atoms with E-state index in [0.29, 0.717) is 24.8 Å². The SMILES string of the molecule is C[C@@H]1C[C@H](C)CN(CCNC(=O)N[C@@H]2CCS(=O)(=O)C2)C1. The highest BCUT2D eigenvalue weighted by Gasteiger charge is 2.28. The third-order valence-corrected chi connectivity index (χ3v) is 5.99. The molecule has 2 rings (SSSR count). The first kappa shape index (κ1) is 16.5. The maximum atomic E-state index is 11.7. The molecule has 0 aromatic heterocycles. The molecule has 21 heavy (non-hydrogen) atoms. The van der Waals surface area contributed by atoms with Gasteiger partial charge in [-0.2, -0.15) is 0 Å². The highest BCUT2D eigenvalue weighted by atomic mass is 32.2. The summed E-state index contributed by atoms with van der Waals surface area (Å²) in [4.78, 5) is 14.1. The molecular weight excluding hydrogens is 290 g/mol. The quantitative estimate of drug-likeness (QED) is 0.789. The van der Waals surface area contributed by atoms with Crippen LogP contribution in [0, 0.1) is 11.8 Å². The number of rotatable bonds is 4. The molecule has 0 aliphatic carbocycles. The number of hydrogen-bond donors (Lipinski definition) is 2. The lowest BCUT2D eigenvalue weighted by atomic mass is 9.92. The lowest BCUT2D eigenvalue weighted by Gasteiger charge is -2.34. The van der Waals surface area contributed by atoms with Gasteiger partial charge in [-0.3, -0.25) is 0 Å². The predicted molar refractivity (Wildman–Crippen MR) is 83.0 cm³/mol. The van der Waals surface area contributed by atoms with Gasteiger partial charge < -0.3 is 15.5 Å². The van der Waals surface area contributed by atoms with Gasteiger partial charge in [-0.25, -0.2) is 13.2 Å². The zero-order chi connectivity index (χ0) is 15.5.